The first-order valence-corrected chi connectivity index (χ1v) is 11.6. The van der Waals surface area contributed by atoms with E-state index in [2.05, 4.69) is 10.3 Å². The highest BCUT2D eigenvalue weighted by atomic mass is 32.1. The minimum atomic E-state index is -0.325. The molecule has 1 saturated heterocycles. The topological polar surface area (TPSA) is 75.4 Å². The van der Waals surface area contributed by atoms with Crippen LogP contribution in [0.25, 0.3) is 21.4 Å². The third kappa shape index (κ3) is 4.26. The lowest BCUT2D eigenvalue weighted by molar-refractivity contribution is 0.0672. The van der Waals surface area contributed by atoms with Crippen molar-refractivity contribution in [2.45, 2.75) is 25.8 Å². The van der Waals surface area contributed by atoms with E-state index >= 15 is 0 Å². The van der Waals surface area contributed by atoms with Gasteiger partial charge in [-0.1, -0.05) is 18.2 Å². The van der Waals surface area contributed by atoms with Gasteiger partial charge in [0.25, 0.3) is 11.8 Å². The predicted octanol–water partition coefficient (Wildman–Crippen LogP) is 5.04. The fourth-order valence-corrected chi connectivity index (χ4v) is 5.17. The molecule has 2 aromatic carbocycles. The van der Waals surface area contributed by atoms with E-state index in [9.17, 15) is 14.0 Å². The number of halogens is 1. The van der Waals surface area contributed by atoms with Gasteiger partial charge in [-0.15, -0.1) is 11.3 Å². The predicted molar refractivity (Wildman–Crippen MR) is 125 cm³/mol. The van der Waals surface area contributed by atoms with Crippen molar-refractivity contribution in [3.8, 4) is 10.4 Å². The normalized spacial score (nSPS) is 16.2. The molecule has 1 fully saturated rings. The third-order valence-electron chi connectivity index (χ3n) is 5.83. The van der Waals surface area contributed by atoms with Crippen LogP contribution in [0.3, 0.4) is 0 Å². The van der Waals surface area contributed by atoms with Crippen molar-refractivity contribution >= 4 is 34.1 Å². The number of aryl methyl sites for hydroxylation is 1. The molecule has 168 valence electrons. The summed E-state index contributed by atoms with van der Waals surface area (Å²) >= 11 is 1.42. The number of rotatable bonds is 4. The number of aromatic nitrogens is 1. The average molecular weight is 464 g/mol. The van der Waals surface area contributed by atoms with E-state index in [-0.39, 0.29) is 23.7 Å². The molecule has 0 unspecified atom stereocenters. The number of nitrogens with one attached hydrogen (secondary N) is 1. The largest absolute Gasteiger partial charge is 0.464 e. The maximum absolute atomic E-state index is 13.4. The molecule has 0 aliphatic carbocycles. The Kier molecular flexibility index (Phi) is 5.68. The van der Waals surface area contributed by atoms with Crippen molar-refractivity contribution < 1.29 is 18.4 Å². The molecule has 8 heteroatoms. The molecule has 5 rings (SSSR count). The van der Waals surface area contributed by atoms with Gasteiger partial charge in [0.05, 0.1) is 21.7 Å². The Morgan fingerprint density at radius 1 is 1.18 bits per heavy atom. The fourth-order valence-electron chi connectivity index (χ4n) is 4.25. The van der Waals surface area contributed by atoms with Crippen molar-refractivity contribution in [1.29, 1.82) is 0 Å². The molecule has 4 aromatic rings. The quantitative estimate of drug-likeness (QED) is 0.460. The van der Waals surface area contributed by atoms with Crippen LogP contribution >= 0.6 is 11.3 Å². The monoisotopic (exact) mass is 463 g/mol. The van der Waals surface area contributed by atoms with Gasteiger partial charge in [0.2, 0.25) is 0 Å². The first kappa shape index (κ1) is 21.3. The van der Waals surface area contributed by atoms with Crippen LogP contribution < -0.4 is 5.32 Å². The van der Waals surface area contributed by atoms with Crippen LogP contribution in [0.2, 0.25) is 0 Å². The Morgan fingerprint density at radius 2 is 2.00 bits per heavy atom. The number of fused-ring (bicyclic) bond motifs is 1. The zero-order valence-electron chi connectivity index (χ0n) is 18.0. The SMILES string of the molecule is Cc1nc(C(=O)N2CCC[C@@H](NC(=O)c3cccc4occc34)C2)c(-c2ccc(F)cc2)s1. The van der Waals surface area contributed by atoms with Crippen LogP contribution in [0.4, 0.5) is 4.39 Å². The lowest BCUT2D eigenvalue weighted by Gasteiger charge is -2.33. The number of benzene rings is 2. The second-order valence-corrected chi connectivity index (χ2v) is 9.32. The molecule has 2 aromatic heterocycles. The van der Waals surface area contributed by atoms with Gasteiger partial charge < -0.3 is 14.6 Å². The number of nitrogens with zero attached hydrogens (tertiary/aromatic N) is 2. The molecule has 1 aliphatic rings. The molecule has 0 bridgehead atoms. The summed E-state index contributed by atoms with van der Waals surface area (Å²) in [5.41, 5.74) is 2.36. The van der Waals surface area contributed by atoms with Crippen LogP contribution in [0, 0.1) is 12.7 Å². The minimum absolute atomic E-state index is 0.161. The van der Waals surface area contributed by atoms with E-state index in [1.807, 2.05) is 13.0 Å². The number of amides is 2. The van der Waals surface area contributed by atoms with E-state index in [4.69, 9.17) is 4.42 Å². The van der Waals surface area contributed by atoms with Crippen molar-refractivity contribution in [3.05, 3.63) is 76.9 Å². The maximum Gasteiger partial charge on any atom is 0.274 e. The summed E-state index contributed by atoms with van der Waals surface area (Å²) in [5.74, 6) is -0.680. The molecule has 6 nitrogen and oxygen atoms in total. The van der Waals surface area contributed by atoms with Crippen LogP contribution in [0.15, 0.2) is 59.2 Å². The standard InChI is InChI=1S/C25H22FN3O3S/c1-15-27-22(23(33-15)16-7-9-17(26)10-8-16)25(31)29-12-3-4-18(14-29)28-24(30)20-5-2-6-21-19(20)11-13-32-21/h2,5-11,13,18H,3-4,12,14H2,1H3,(H,28,30)/t18-/m1/s1. The Balaban J connectivity index is 1.33. The number of thiazole rings is 1. The highest BCUT2D eigenvalue weighted by Gasteiger charge is 2.29. The van der Waals surface area contributed by atoms with E-state index in [0.29, 0.717) is 29.9 Å². The molecule has 0 spiro atoms. The lowest BCUT2D eigenvalue weighted by atomic mass is 10.0. The van der Waals surface area contributed by atoms with Crippen molar-refractivity contribution in [2.24, 2.45) is 0 Å². The molecular weight excluding hydrogens is 441 g/mol. The summed E-state index contributed by atoms with van der Waals surface area (Å²) in [5, 5.41) is 4.61. The van der Waals surface area contributed by atoms with Gasteiger partial charge in [-0.25, -0.2) is 9.37 Å². The smallest absolute Gasteiger partial charge is 0.274 e. The Hall–Kier alpha value is -3.52. The van der Waals surface area contributed by atoms with E-state index in [1.165, 1.54) is 23.5 Å². The van der Waals surface area contributed by atoms with Crippen molar-refractivity contribution in [2.75, 3.05) is 13.1 Å². The summed E-state index contributed by atoms with van der Waals surface area (Å²) in [6.07, 6.45) is 3.14. The van der Waals surface area contributed by atoms with Gasteiger partial charge in [-0.3, -0.25) is 9.59 Å². The number of furan rings is 1. The first-order chi connectivity index (χ1) is 16.0. The van der Waals surface area contributed by atoms with Crippen LogP contribution in [-0.4, -0.2) is 40.8 Å². The fraction of sp³-hybridized carbons (Fsp3) is 0.240. The minimum Gasteiger partial charge on any atom is -0.464 e. The van der Waals surface area contributed by atoms with Crippen LogP contribution in [0.1, 0.15) is 38.7 Å². The molecule has 0 radical (unpaired) electrons. The lowest BCUT2D eigenvalue weighted by Crippen LogP contribution is -2.49. The molecule has 2 amide bonds. The van der Waals surface area contributed by atoms with Gasteiger partial charge in [-0.2, -0.15) is 0 Å². The third-order valence-corrected chi connectivity index (χ3v) is 6.85. The second kappa shape index (κ2) is 8.78. The average Bonchev–Trinajstić information content (AvgIpc) is 3.45. The highest BCUT2D eigenvalue weighted by Crippen LogP contribution is 2.32. The Labute approximate surface area is 194 Å². The van der Waals surface area contributed by atoms with Crippen LogP contribution in [-0.2, 0) is 0 Å². The maximum atomic E-state index is 13.4. The van der Waals surface area contributed by atoms with Gasteiger partial charge in [0, 0.05) is 24.5 Å². The van der Waals surface area contributed by atoms with Crippen molar-refractivity contribution in [3.63, 3.8) is 0 Å². The summed E-state index contributed by atoms with van der Waals surface area (Å²) in [6.45, 7) is 2.86. The van der Waals surface area contributed by atoms with Gasteiger partial charge in [0.1, 0.15) is 17.1 Å². The second-order valence-electron chi connectivity index (χ2n) is 8.12. The zero-order chi connectivity index (χ0) is 22.9. The van der Waals surface area contributed by atoms with Gasteiger partial charge >= 0.3 is 0 Å². The molecule has 3 heterocycles. The summed E-state index contributed by atoms with van der Waals surface area (Å²) in [6, 6.07) is 13.1. The van der Waals surface area contributed by atoms with Crippen LogP contribution in [0.5, 0.6) is 0 Å². The number of piperidine rings is 1. The molecular formula is C25H22FN3O3S. The molecule has 1 N–H and O–H groups in total. The first-order valence-electron chi connectivity index (χ1n) is 10.8. The number of carbonyl (C=O) groups is 2. The molecule has 33 heavy (non-hydrogen) atoms. The number of hydrogen-bond donors (Lipinski definition) is 1. The Bertz CT molecular complexity index is 1330. The summed E-state index contributed by atoms with van der Waals surface area (Å²) in [4.78, 5) is 33.3. The number of likely N-dealkylation sites (tertiary alicyclic amines) is 1. The van der Waals surface area contributed by atoms with E-state index in [0.717, 1.165) is 33.7 Å². The van der Waals surface area contributed by atoms with Gasteiger partial charge in [0.15, 0.2) is 0 Å². The molecule has 1 aliphatic heterocycles. The molecule has 1 atom stereocenters. The zero-order valence-corrected chi connectivity index (χ0v) is 18.8. The van der Waals surface area contributed by atoms with E-state index in [1.54, 1.807) is 41.5 Å². The summed E-state index contributed by atoms with van der Waals surface area (Å²) < 4.78 is 18.8. The highest BCUT2D eigenvalue weighted by molar-refractivity contribution is 7.15. The number of carbonyl (C=O) groups excluding carboxylic acids is 2. The number of hydrogen-bond acceptors (Lipinski definition) is 5. The Morgan fingerprint density at radius 3 is 2.82 bits per heavy atom. The molecule has 0 saturated carbocycles. The van der Waals surface area contributed by atoms with E-state index < -0.39 is 0 Å². The van der Waals surface area contributed by atoms with Crippen molar-refractivity contribution in [1.82, 2.24) is 15.2 Å². The summed E-state index contributed by atoms with van der Waals surface area (Å²) in [7, 11) is 0. The van der Waals surface area contributed by atoms with Gasteiger partial charge in [-0.05, 0) is 55.7 Å².